The maximum absolute atomic E-state index is 12.4. The van der Waals surface area contributed by atoms with Crippen molar-refractivity contribution in [2.24, 2.45) is 5.92 Å². The van der Waals surface area contributed by atoms with Crippen molar-refractivity contribution in [3.05, 3.63) is 29.7 Å². The Labute approximate surface area is 149 Å². The van der Waals surface area contributed by atoms with Crippen LogP contribution in [-0.4, -0.2) is 47.6 Å². The predicted molar refractivity (Wildman–Crippen MR) is 96.7 cm³/mol. The lowest BCUT2D eigenvalue weighted by Crippen LogP contribution is -2.39. The summed E-state index contributed by atoms with van der Waals surface area (Å²) in [5.74, 6) is 1.53. The fraction of sp³-hybridized carbons (Fsp3) is 0.667. The minimum Gasteiger partial charge on any atom is -0.343 e. The third kappa shape index (κ3) is 4.51. The van der Waals surface area contributed by atoms with Gasteiger partial charge >= 0.3 is 0 Å². The van der Waals surface area contributed by atoms with E-state index in [1.807, 2.05) is 11.1 Å². The Balaban J connectivity index is 1.51. The molecule has 0 N–H and O–H groups in total. The highest BCUT2D eigenvalue weighted by Crippen LogP contribution is 2.28. The molecule has 1 atom stereocenters. The summed E-state index contributed by atoms with van der Waals surface area (Å²) in [7, 11) is -3.09. The van der Waals surface area contributed by atoms with E-state index in [9.17, 15) is 13.2 Å². The van der Waals surface area contributed by atoms with E-state index in [4.69, 9.17) is 0 Å². The molecular weight excluding hydrogens is 338 g/mol. The summed E-state index contributed by atoms with van der Waals surface area (Å²) >= 11 is 0. The predicted octanol–water partition coefficient (Wildman–Crippen LogP) is 2.34. The summed E-state index contributed by atoms with van der Waals surface area (Å²) < 4.78 is 25.2. The fourth-order valence-corrected chi connectivity index (χ4v) is 5.10. The average Bonchev–Trinajstić information content (AvgIpc) is 3.19. The number of aromatic nitrogens is 2. The Kier molecular flexibility index (Phi) is 5.61. The van der Waals surface area contributed by atoms with Gasteiger partial charge in [-0.3, -0.25) is 4.79 Å². The van der Waals surface area contributed by atoms with Crippen LogP contribution < -0.4 is 0 Å². The SMILES string of the molecule is CCCCn1ccnc1C1CCN(C(=O)C[C@H]2C=CS(=O)(=O)C2)CC1. The first-order chi connectivity index (χ1) is 12.0. The topological polar surface area (TPSA) is 72.3 Å². The van der Waals surface area contributed by atoms with Crippen LogP contribution in [0.2, 0.25) is 0 Å². The lowest BCUT2D eigenvalue weighted by atomic mass is 9.95. The summed E-state index contributed by atoms with van der Waals surface area (Å²) in [4.78, 5) is 18.9. The molecular formula is C18H27N3O3S. The van der Waals surface area contributed by atoms with Crippen molar-refractivity contribution in [3.8, 4) is 0 Å². The van der Waals surface area contributed by atoms with Gasteiger partial charge in [-0.15, -0.1) is 0 Å². The van der Waals surface area contributed by atoms with Gasteiger partial charge in [-0.2, -0.15) is 0 Å². The maximum atomic E-state index is 12.4. The van der Waals surface area contributed by atoms with Gasteiger partial charge in [0.05, 0.1) is 5.75 Å². The van der Waals surface area contributed by atoms with Crippen molar-refractivity contribution in [2.75, 3.05) is 18.8 Å². The summed E-state index contributed by atoms with van der Waals surface area (Å²) in [5.41, 5.74) is 0. The third-order valence-electron chi connectivity index (χ3n) is 5.15. The number of amides is 1. The van der Waals surface area contributed by atoms with Crippen LogP contribution in [0.4, 0.5) is 0 Å². The monoisotopic (exact) mass is 365 g/mol. The molecule has 2 aliphatic rings. The van der Waals surface area contributed by atoms with Gasteiger partial charge in [0.2, 0.25) is 5.91 Å². The molecule has 1 aromatic rings. The van der Waals surface area contributed by atoms with Gasteiger partial charge in [-0.1, -0.05) is 19.4 Å². The Bertz CT molecular complexity index is 731. The second-order valence-electron chi connectivity index (χ2n) is 7.11. The minimum atomic E-state index is -3.09. The number of rotatable bonds is 6. The zero-order valence-electron chi connectivity index (χ0n) is 14.8. The minimum absolute atomic E-state index is 0.0690. The molecule has 7 heteroatoms. The molecule has 0 aliphatic carbocycles. The largest absolute Gasteiger partial charge is 0.343 e. The van der Waals surface area contributed by atoms with Crippen molar-refractivity contribution >= 4 is 15.7 Å². The number of hydrogen-bond acceptors (Lipinski definition) is 4. The van der Waals surface area contributed by atoms with Gasteiger partial charge in [0, 0.05) is 55.7 Å². The van der Waals surface area contributed by atoms with E-state index in [2.05, 4.69) is 22.7 Å². The molecule has 1 amide bonds. The Morgan fingerprint density at radius 2 is 2.08 bits per heavy atom. The number of likely N-dealkylation sites (tertiary alicyclic amines) is 1. The van der Waals surface area contributed by atoms with Gasteiger partial charge in [-0.25, -0.2) is 13.4 Å². The number of nitrogens with zero attached hydrogens (tertiary/aromatic N) is 3. The van der Waals surface area contributed by atoms with E-state index in [0.717, 1.165) is 51.1 Å². The van der Waals surface area contributed by atoms with E-state index in [1.54, 1.807) is 6.08 Å². The molecule has 0 saturated carbocycles. The lowest BCUT2D eigenvalue weighted by molar-refractivity contribution is -0.132. The van der Waals surface area contributed by atoms with Crippen molar-refractivity contribution in [2.45, 2.75) is 51.5 Å². The van der Waals surface area contributed by atoms with Crippen molar-refractivity contribution < 1.29 is 13.2 Å². The molecule has 0 spiro atoms. The number of imidazole rings is 1. The van der Waals surface area contributed by atoms with Crippen LogP contribution in [0.25, 0.3) is 0 Å². The van der Waals surface area contributed by atoms with Gasteiger partial charge < -0.3 is 9.47 Å². The van der Waals surface area contributed by atoms with Gasteiger partial charge in [0.15, 0.2) is 9.84 Å². The van der Waals surface area contributed by atoms with E-state index in [0.29, 0.717) is 12.3 Å². The van der Waals surface area contributed by atoms with Crippen LogP contribution in [0.1, 0.15) is 50.8 Å². The van der Waals surface area contributed by atoms with Gasteiger partial charge in [0.1, 0.15) is 5.82 Å². The molecule has 3 rings (SSSR count). The van der Waals surface area contributed by atoms with E-state index in [1.165, 1.54) is 5.41 Å². The zero-order chi connectivity index (χ0) is 17.9. The zero-order valence-corrected chi connectivity index (χ0v) is 15.6. The van der Waals surface area contributed by atoms with Gasteiger partial charge in [0.25, 0.3) is 0 Å². The van der Waals surface area contributed by atoms with Crippen LogP contribution in [0.15, 0.2) is 23.9 Å². The normalized spacial score (nSPS) is 23.2. The summed E-state index contributed by atoms with van der Waals surface area (Å²) in [6.45, 7) is 4.65. The highest BCUT2D eigenvalue weighted by Gasteiger charge is 2.29. The first kappa shape index (κ1) is 18.2. The van der Waals surface area contributed by atoms with Crippen LogP contribution in [0.3, 0.4) is 0 Å². The number of aryl methyl sites for hydroxylation is 1. The Morgan fingerprint density at radius 1 is 1.32 bits per heavy atom. The molecule has 6 nitrogen and oxygen atoms in total. The molecule has 0 bridgehead atoms. The second kappa shape index (κ2) is 7.72. The molecule has 1 aromatic heterocycles. The van der Waals surface area contributed by atoms with Crippen LogP contribution in [0, 0.1) is 5.92 Å². The van der Waals surface area contributed by atoms with Crippen LogP contribution >= 0.6 is 0 Å². The number of allylic oxidation sites excluding steroid dienone is 1. The quantitative estimate of drug-likeness (QED) is 0.776. The van der Waals surface area contributed by atoms with E-state index < -0.39 is 9.84 Å². The molecule has 25 heavy (non-hydrogen) atoms. The molecule has 0 unspecified atom stereocenters. The first-order valence-corrected chi connectivity index (χ1v) is 10.9. The van der Waals surface area contributed by atoms with Gasteiger partial charge in [-0.05, 0) is 19.3 Å². The number of carbonyl (C=O) groups is 1. The number of hydrogen-bond donors (Lipinski definition) is 0. The molecule has 3 heterocycles. The number of carbonyl (C=O) groups excluding carboxylic acids is 1. The molecule has 0 aromatic carbocycles. The summed E-state index contributed by atoms with van der Waals surface area (Å²) in [5, 5.41) is 1.24. The average molecular weight is 365 g/mol. The number of unbranched alkanes of at least 4 members (excludes halogenated alkanes) is 1. The Hall–Kier alpha value is -1.63. The van der Waals surface area contributed by atoms with E-state index >= 15 is 0 Å². The van der Waals surface area contributed by atoms with Crippen molar-refractivity contribution in [1.29, 1.82) is 0 Å². The number of sulfone groups is 1. The highest BCUT2D eigenvalue weighted by atomic mass is 32.2. The Morgan fingerprint density at radius 3 is 2.72 bits per heavy atom. The lowest BCUT2D eigenvalue weighted by Gasteiger charge is -2.32. The van der Waals surface area contributed by atoms with Crippen LogP contribution in [0.5, 0.6) is 0 Å². The van der Waals surface area contributed by atoms with Crippen molar-refractivity contribution in [1.82, 2.24) is 14.5 Å². The molecule has 1 saturated heterocycles. The summed E-state index contributed by atoms with van der Waals surface area (Å²) in [6.07, 6.45) is 10.0. The van der Waals surface area contributed by atoms with Crippen LogP contribution in [-0.2, 0) is 21.2 Å². The maximum Gasteiger partial charge on any atom is 0.223 e. The van der Waals surface area contributed by atoms with Crippen molar-refractivity contribution in [3.63, 3.8) is 0 Å². The number of piperidine rings is 1. The molecule has 2 aliphatic heterocycles. The van der Waals surface area contributed by atoms with E-state index in [-0.39, 0.29) is 17.6 Å². The summed E-state index contributed by atoms with van der Waals surface area (Å²) in [6, 6.07) is 0. The fourth-order valence-electron chi connectivity index (χ4n) is 3.71. The second-order valence-corrected chi connectivity index (χ2v) is 9.04. The molecule has 0 radical (unpaired) electrons. The third-order valence-corrected chi connectivity index (χ3v) is 6.62. The molecule has 1 fully saturated rings. The molecule has 138 valence electrons. The standard InChI is InChI=1S/C18H27N3O3S/c1-2-3-8-21-11-7-19-18(21)16-4-9-20(10-5-16)17(22)13-15-6-12-25(23,24)14-15/h6-7,11-12,15-16H,2-5,8-10,13-14H2,1H3/t15-/m1/s1. The first-order valence-electron chi connectivity index (χ1n) is 9.18. The highest BCUT2D eigenvalue weighted by molar-refractivity contribution is 7.94. The smallest absolute Gasteiger partial charge is 0.223 e.